The van der Waals surface area contributed by atoms with Gasteiger partial charge in [0.25, 0.3) is 0 Å². The molecule has 24 heavy (non-hydrogen) atoms. The molecule has 0 spiro atoms. The maximum atomic E-state index is 10.1. The first-order valence-electron chi connectivity index (χ1n) is 9.98. The first kappa shape index (κ1) is 18.4. The SMILES string of the molecule is C=C1CCC2[C@H](CNC)C(C3(C)CCC(O)CC3CO)CCC12C. The van der Waals surface area contributed by atoms with Crippen molar-refractivity contribution in [1.29, 1.82) is 0 Å². The second-order valence-corrected chi connectivity index (χ2v) is 9.35. The lowest BCUT2D eigenvalue weighted by molar-refractivity contribution is -0.0929. The molecular formula is C21H37NO2. The number of allylic oxidation sites excluding steroid dienone is 1. The molecule has 0 aliphatic heterocycles. The Bertz CT molecular complexity index is 478. The molecule has 0 aromatic rings. The third kappa shape index (κ3) is 2.77. The molecule has 0 aromatic heterocycles. The molecule has 138 valence electrons. The van der Waals surface area contributed by atoms with Gasteiger partial charge in [-0.05, 0) is 93.0 Å². The molecular weight excluding hydrogens is 298 g/mol. The van der Waals surface area contributed by atoms with Gasteiger partial charge in [-0.3, -0.25) is 0 Å². The van der Waals surface area contributed by atoms with Crippen molar-refractivity contribution in [2.24, 2.45) is 34.5 Å². The predicted octanol–water partition coefficient (Wildman–Crippen LogP) is 3.36. The standard InChI is InChI=1S/C21H37NO2/c1-14-5-6-18-17(12-22-4)19(8-10-20(14,18)2)21(3)9-7-16(24)11-15(21)13-23/h15-19,22-24H,1,5-13H2,2-4H3/t15?,16?,17-,18?,19?,20?,21?/m0/s1. The summed E-state index contributed by atoms with van der Waals surface area (Å²) in [6.45, 7) is 10.5. The predicted molar refractivity (Wildman–Crippen MR) is 98.7 cm³/mol. The molecule has 3 fully saturated rings. The third-order valence-corrected chi connectivity index (χ3v) is 8.40. The number of aliphatic hydroxyl groups is 2. The molecule has 3 aliphatic rings. The van der Waals surface area contributed by atoms with Gasteiger partial charge >= 0.3 is 0 Å². The van der Waals surface area contributed by atoms with Gasteiger partial charge in [-0.15, -0.1) is 0 Å². The zero-order chi connectivity index (χ0) is 17.5. The molecule has 0 bridgehead atoms. The number of hydrogen-bond acceptors (Lipinski definition) is 3. The van der Waals surface area contributed by atoms with Crippen LogP contribution in [0.4, 0.5) is 0 Å². The molecule has 3 heteroatoms. The van der Waals surface area contributed by atoms with Crippen LogP contribution in [0.5, 0.6) is 0 Å². The van der Waals surface area contributed by atoms with Gasteiger partial charge in [0.05, 0.1) is 6.10 Å². The Balaban J connectivity index is 1.90. The van der Waals surface area contributed by atoms with Crippen molar-refractivity contribution in [3.05, 3.63) is 12.2 Å². The zero-order valence-electron chi connectivity index (χ0n) is 15.9. The Hall–Kier alpha value is -0.380. The Morgan fingerprint density at radius 3 is 2.58 bits per heavy atom. The topological polar surface area (TPSA) is 52.5 Å². The smallest absolute Gasteiger partial charge is 0.0544 e. The Labute approximate surface area is 147 Å². The van der Waals surface area contributed by atoms with Crippen LogP contribution in [0.25, 0.3) is 0 Å². The highest BCUT2D eigenvalue weighted by Gasteiger charge is 2.56. The quantitative estimate of drug-likeness (QED) is 0.691. The molecule has 3 aliphatic carbocycles. The van der Waals surface area contributed by atoms with E-state index in [4.69, 9.17) is 0 Å². The van der Waals surface area contributed by atoms with Crippen molar-refractivity contribution in [2.75, 3.05) is 20.2 Å². The first-order chi connectivity index (χ1) is 11.4. The van der Waals surface area contributed by atoms with Crippen molar-refractivity contribution in [1.82, 2.24) is 5.32 Å². The molecule has 3 nitrogen and oxygen atoms in total. The fraction of sp³-hybridized carbons (Fsp3) is 0.905. The highest BCUT2D eigenvalue weighted by molar-refractivity contribution is 5.21. The normalized spacial score (nSPS) is 49.2. The van der Waals surface area contributed by atoms with Gasteiger partial charge in [-0.1, -0.05) is 26.0 Å². The summed E-state index contributed by atoms with van der Waals surface area (Å²) in [6, 6.07) is 0. The maximum Gasteiger partial charge on any atom is 0.0544 e. The molecule has 3 saturated carbocycles. The van der Waals surface area contributed by atoms with E-state index in [1.165, 1.54) is 31.3 Å². The largest absolute Gasteiger partial charge is 0.396 e. The number of aliphatic hydroxyl groups excluding tert-OH is 2. The number of rotatable bonds is 4. The molecule has 3 N–H and O–H groups in total. The van der Waals surface area contributed by atoms with Crippen LogP contribution in [0.3, 0.4) is 0 Å². The third-order valence-electron chi connectivity index (χ3n) is 8.40. The van der Waals surface area contributed by atoms with Gasteiger partial charge < -0.3 is 15.5 Å². The van der Waals surface area contributed by atoms with E-state index in [0.29, 0.717) is 17.3 Å². The van der Waals surface area contributed by atoms with E-state index in [1.807, 2.05) is 0 Å². The minimum atomic E-state index is -0.224. The van der Waals surface area contributed by atoms with Crippen LogP contribution in [0, 0.1) is 34.5 Å². The monoisotopic (exact) mass is 335 g/mol. The van der Waals surface area contributed by atoms with Crippen molar-refractivity contribution >= 4 is 0 Å². The number of fused-ring (bicyclic) bond motifs is 1. The summed E-state index contributed by atoms with van der Waals surface area (Å²) in [5.41, 5.74) is 1.94. The minimum absolute atomic E-state index is 0.154. The van der Waals surface area contributed by atoms with Crippen molar-refractivity contribution in [3.8, 4) is 0 Å². The molecule has 7 atom stereocenters. The van der Waals surface area contributed by atoms with Crippen LogP contribution < -0.4 is 5.32 Å². The van der Waals surface area contributed by atoms with Crippen molar-refractivity contribution in [2.45, 2.75) is 64.9 Å². The highest BCUT2D eigenvalue weighted by Crippen LogP contribution is 2.63. The molecule has 0 saturated heterocycles. The molecule has 0 aromatic carbocycles. The van der Waals surface area contributed by atoms with E-state index in [-0.39, 0.29) is 24.0 Å². The summed E-state index contributed by atoms with van der Waals surface area (Å²) in [5.74, 6) is 2.25. The highest BCUT2D eigenvalue weighted by atomic mass is 16.3. The molecule has 6 unspecified atom stereocenters. The molecule has 0 heterocycles. The van der Waals surface area contributed by atoms with Gasteiger partial charge in [0, 0.05) is 6.61 Å². The van der Waals surface area contributed by atoms with Crippen LogP contribution in [-0.4, -0.2) is 36.5 Å². The first-order valence-corrected chi connectivity index (χ1v) is 9.98. The lowest BCUT2D eigenvalue weighted by Crippen LogP contribution is -2.53. The van der Waals surface area contributed by atoms with Gasteiger partial charge in [0.2, 0.25) is 0 Å². The summed E-state index contributed by atoms with van der Waals surface area (Å²) >= 11 is 0. The minimum Gasteiger partial charge on any atom is -0.396 e. The maximum absolute atomic E-state index is 10.1. The zero-order valence-corrected chi connectivity index (χ0v) is 15.9. The van der Waals surface area contributed by atoms with Crippen LogP contribution in [0.1, 0.15) is 58.8 Å². The van der Waals surface area contributed by atoms with Crippen molar-refractivity contribution < 1.29 is 10.2 Å². The summed E-state index contributed by atoms with van der Waals surface area (Å²) in [5, 5.41) is 23.6. The summed E-state index contributed by atoms with van der Waals surface area (Å²) in [7, 11) is 2.07. The molecule has 0 amide bonds. The van der Waals surface area contributed by atoms with E-state index in [2.05, 4.69) is 32.8 Å². The van der Waals surface area contributed by atoms with Crippen LogP contribution in [0.15, 0.2) is 12.2 Å². The van der Waals surface area contributed by atoms with Crippen LogP contribution in [-0.2, 0) is 0 Å². The van der Waals surface area contributed by atoms with E-state index >= 15 is 0 Å². The van der Waals surface area contributed by atoms with E-state index in [1.54, 1.807) is 0 Å². The van der Waals surface area contributed by atoms with Gasteiger partial charge in [-0.25, -0.2) is 0 Å². The van der Waals surface area contributed by atoms with E-state index in [0.717, 1.165) is 31.7 Å². The summed E-state index contributed by atoms with van der Waals surface area (Å²) in [4.78, 5) is 0. The molecule has 0 radical (unpaired) electrons. The van der Waals surface area contributed by atoms with E-state index < -0.39 is 0 Å². The molecule has 3 rings (SSSR count). The van der Waals surface area contributed by atoms with Gasteiger partial charge in [0.15, 0.2) is 0 Å². The van der Waals surface area contributed by atoms with Gasteiger partial charge in [-0.2, -0.15) is 0 Å². The fourth-order valence-corrected chi connectivity index (χ4v) is 6.70. The lowest BCUT2D eigenvalue weighted by Gasteiger charge is -2.56. The summed E-state index contributed by atoms with van der Waals surface area (Å²) < 4.78 is 0. The Morgan fingerprint density at radius 1 is 1.17 bits per heavy atom. The lowest BCUT2D eigenvalue weighted by atomic mass is 9.49. The number of hydrogen-bond donors (Lipinski definition) is 3. The second-order valence-electron chi connectivity index (χ2n) is 9.35. The van der Waals surface area contributed by atoms with Crippen LogP contribution >= 0.6 is 0 Å². The van der Waals surface area contributed by atoms with E-state index in [9.17, 15) is 10.2 Å². The average Bonchev–Trinajstić information content (AvgIpc) is 2.86. The average molecular weight is 336 g/mol. The van der Waals surface area contributed by atoms with Gasteiger partial charge in [0.1, 0.15) is 0 Å². The number of nitrogens with one attached hydrogen (secondary N) is 1. The van der Waals surface area contributed by atoms with Crippen LogP contribution in [0.2, 0.25) is 0 Å². The fourth-order valence-electron chi connectivity index (χ4n) is 6.70. The Morgan fingerprint density at radius 2 is 1.92 bits per heavy atom. The Kier molecular flexibility index (Phi) is 5.17. The summed E-state index contributed by atoms with van der Waals surface area (Å²) in [6.07, 6.45) is 7.44. The second kappa shape index (κ2) is 6.74. The van der Waals surface area contributed by atoms with Crippen molar-refractivity contribution in [3.63, 3.8) is 0 Å².